The van der Waals surface area contributed by atoms with E-state index >= 15 is 0 Å². The molecule has 0 radical (unpaired) electrons. The van der Waals surface area contributed by atoms with Crippen LogP contribution in [0.4, 0.5) is 0 Å². The summed E-state index contributed by atoms with van der Waals surface area (Å²) in [6.45, 7) is 4.82. The first-order valence-corrected chi connectivity index (χ1v) is 11.5. The standard InChI is InChI=1S/C25H42O2/c1-3-4-5-6-7-8-9-10-11-12-13-14-15-16-17-21-27-25(26)24-20-18-19-23(2)22-24/h18-20,22H,3-17,21H2,1-2H3. The summed E-state index contributed by atoms with van der Waals surface area (Å²) in [6, 6.07) is 7.60. The molecule has 1 aromatic carbocycles. The van der Waals surface area contributed by atoms with Crippen molar-refractivity contribution in [3.05, 3.63) is 35.4 Å². The topological polar surface area (TPSA) is 26.3 Å². The van der Waals surface area contributed by atoms with Gasteiger partial charge < -0.3 is 4.74 Å². The first kappa shape index (κ1) is 23.7. The summed E-state index contributed by atoms with van der Waals surface area (Å²) in [5, 5.41) is 0. The number of aryl methyl sites for hydroxylation is 1. The lowest BCUT2D eigenvalue weighted by Crippen LogP contribution is -2.06. The van der Waals surface area contributed by atoms with Gasteiger partial charge in [0.1, 0.15) is 0 Å². The molecule has 0 bridgehead atoms. The van der Waals surface area contributed by atoms with E-state index in [1.807, 2.05) is 31.2 Å². The van der Waals surface area contributed by atoms with Crippen LogP contribution in [0.2, 0.25) is 0 Å². The Balaban J connectivity index is 1.81. The number of carbonyl (C=O) groups excluding carboxylic acids is 1. The zero-order chi connectivity index (χ0) is 19.6. The number of ether oxygens (including phenoxy) is 1. The average molecular weight is 375 g/mol. The van der Waals surface area contributed by atoms with Crippen molar-refractivity contribution >= 4 is 5.97 Å². The first-order valence-electron chi connectivity index (χ1n) is 11.5. The van der Waals surface area contributed by atoms with Gasteiger partial charge in [-0.15, -0.1) is 0 Å². The number of benzene rings is 1. The fraction of sp³-hybridized carbons (Fsp3) is 0.720. The van der Waals surface area contributed by atoms with Crippen LogP contribution >= 0.6 is 0 Å². The Morgan fingerprint density at radius 1 is 0.741 bits per heavy atom. The SMILES string of the molecule is CCCCCCCCCCCCCCCCCOC(=O)c1cccc(C)c1. The number of hydrogen-bond acceptors (Lipinski definition) is 2. The van der Waals surface area contributed by atoms with Crippen LogP contribution in [0.1, 0.15) is 119 Å². The van der Waals surface area contributed by atoms with E-state index in [-0.39, 0.29) is 5.97 Å². The minimum absolute atomic E-state index is 0.191. The molecule has 1 aromatic rings. The molecule has 2 heteroatoms. The van der Waals surface area contributed by atoms with Crippen LogP contribution in [-0.4, -0.2) is 12.6 Å². The average Bonchev–Trinajstić information content (AvgIpc) is 2.67. The molecule has 0 heterocycles. The van der Waals surface area contributed by atoms with Gasteiger partial charge in [-0.3, -0.25) is 0 Å². The Hall–Kier alpha value is -1.31. The molecule has 1 rings (SSSR count). The molecule has 0 aromatic heterocycles. The van der Waals surface area contributed by atoms with Crippen LogP contribution in [0.5, 0.6) is 0 Å². The van der Waals surface area contributed by atoms with Crippen LogP contribution in [0, 0.1) is 6.92 Å². The molecule has 154 valence electrons. The molecule has 0 N–H and O–H groups in total. The summed E-state index contributed by atoms with van der Waals surface area (Å²) in [5.41, 5.74) is 1.76. The van der Waals surface area contributed by atoms with E-state index in [0.717, 1.165) is 12.0 Å². The van der Waals surface area contributed by atoms with Crippen LogP contribution < -0.4 is 0 Å². The van der Waals surface area contributed by atoms with Gasteiger partial charge in [-0.05, 0) is 25.5 Å². The summed E-state index contributed by atoms with van der Waals surface area (Å²) < 4.78 is 5.36. The molecule has 0 aliphatic rings. The highest BCUT2D eigenvalue weighted by molar-refractivity contribution is 5.89. The van der Waals surface area contributed by atoms with Crippen LogP contribution in [0.25, 0.3) is 0 Å². The van der Waals surface area contributed by atoms with Crippen molar-refractivity contribution in [2.24, 2.45) is 0 Å². The molecule has 0 aliphatic carbocycles. The summed E-state index contributed by atoms with van der Waals surface area (Å²) in [4.78, 5) is 11.9. The van der Waals surface area contributed by atoms with E-state index in [1.165, 1.54) is 89.9 Å². The fourth-order valence-electron chi connectivity index (χ4n) is 3.49. The Morgan fingerprint density at radius 2 is 1.22 bits per heavy atom. The van der Waals surface area contributed by atoms with Crippen molar-refractivity contribution in [3.8, 4) is 0 Å². The molecular weight excluding hydrogens is 332 g/mol. The van der Waals surface area contributed by atoms with Crippen LogP contribution in [0.3, 0.4) is 0 Å². The lowest BCUT2D eigenvalue weighted by atomic mass is 10.0. The molecule has 2 nitrogen and oxygen atoms in total. The van der Waals surface area contributed by atoms with Crippen molar-refractivity contribution in [1.29, 1.82) is 0 Å². The van der Waals surface area contributed by atoms with Gasteiger partial charge in [0, 0.05) is 0 Å². The van der Waals surface area contributed by atoms with Gasteiger partial charge in [-0.2, -0.15) is 0 Å². The maximum absolute atomic E-state index is 11.9. The Bertz CT molecular complexity index is 481. The van der Waals surface area contributed by atoms with E-state index < -0.39 is 0 Å². The van der Waals surface area contributed by atoms with Gasteiger partial charge in [0.25, 0.3) is 0 Å². The molecule has 0 atom stereocenters. The van der Waals surface area contributed by atoms with Gasteiger partial charge in [0.2, 0.25) is 0 Å². The quantitative estimate of drug-likeness (QED) is 0.204. The fourth-order valence-corrected chi connectivity index (χ4v) is 3.49. The number of hydrogen-bond donors (Lipinski definition) is 0. The van der Waals surface area contributed by atoms with E-state index in [0.29, 0.717) is 12.2 Å². The second kappa shape index (κ2) is 16.8. The highest BCUT2D eigenvalue weighted by Gasteiger charge is 2.06. The lowest BCUT2D eigenvalue weighted by Gasteiger charge is -2.06. The predicted molar refractivity (Wildman–Crippen MR) is 116 cm³/mol. The van der Waals surface area contributed by atoms with Crippen molar-refractivity contribution in [2.45, 2.75) is 110 Å². The Morgan fingerprint density at radius 3 is 1.70 bits per heavy atom. The third-order valence-corrected chi connectivity index (χ3v) is 5.23. The minimum atomic E-state index is -0.191. The van der Waals surface area contributed by atoms with Gasteiger partial charge in [0.05, 0.1) is 12.2 Å². The maximum atomic E-state index is 11.9. The summed E-state index contributed by atoms with van der Waals surface area (Å²) in [7, 11) is 0. The number of rotatable bonds is 17. The molecule has 0 saturated heterocycles. The molecule has 0 spiro atoms. The second-order valence-corrected chi connectivity index (χ2v) is 7.96. The third-order valence-electron chi connectivity index (χ3n) is 5.23. The van der Waals surface area contributed by atoms with Crippen LogP contribution in [0.15, 0.2) is 24.3 Å². The predicted octanol–water partition coefficient (Wildman–Crippen LogP) is 8.02. The molecular formula is C25H42O2. The van der Waals surface area contributed by atoms with Gasteiger partial charge in [-0.1, -0.05) is 115 Å². The molecule has 0 aliphatic heterocycles. The first-order chi connectivity index (χ1) is 13.2. The Labute approximate surface area is 168 Å². The highest BCUT2D eigenvalue weighted by Crippen LogP contribution is 2.13. The molecule has 0 amide bonds. The van der Waals surface area contributed by atoms with Gasteiger partial charge in [0.15, 0.2) is 0 Å². The molecule has 0 fully saturated rings. The maximum Gasteiger partial charge on any atom is 0.338 e. The van der Waals surface area contributed by atoms with Crippen molar-refractivity contribution in [1.82, 2.24) is 0 Å². The second-order valence-electron chi connectivity index (χ2n) is 7.96. The van der Waals surface area contributed by atoms with E-state index in [1.54, 1.807) is 0 Å². The van der Waals surface area contributed by atoms with E-state index in [9.17, 15) is 4.79 Å². The Kier molecular flexibility index (Phi) is 14.8. The zero-order valence-corrected chi connectivity index (χ0v) is 17.9. The number of carbonyl (C=O) groups is 1. The monoisotopic (exact) mass is 374 g/mol. The van der Waals surface area contributed by atoms with Crippen molar-refractivity contribution in [3.63, 3.8) is 0 Å². The van der Waals surface area contributed by atoms with E-state index in [4.69, 9.17) is 4.74 Å². The molecule has 0 unspecified atom stereocenters. The largest absolute Gasteiger partial charge is 0.462 e. The molecule has 0 saturated carbocycles. The highest BCUT2D eigenvalue weighted by atomic mass is 16.5. The normalized spacial score (nSPS) is 10.9. The number of unbranched alkanes of at least 4 members (excludes halogenated alkanes) is 14. The van der Waals surface area contributed by atoms with Crippen LogP contribution in [-0.2, 0) is 4.74 Å². The lowest BCUT2D eigenvalue weighted by molar-refractivity contribution is 0.0497. The summed E-state index contributed by atoms with van der Waals surface area (Å²) >= 11 is 0. The third kappa shape index (κ3) is 13.5. The van der Waals surface area contributed by atoms with Crippen molar-refractivity contribution < 1.29 is 9.53 Å². The van der Waals surface area contributed by atoms with E-state index in [2.05, 4.69) is 6.92 Å². The molecule has 27 heavy (non-hydrogen) atoms. The summed E-state index contributed by atoms with van der Waals surface area (Å²) in [5.74, 6) is -0.191. The minimum Gasteiger partial charge on any atom is -0.462 e. The van der Waals surface area contributed by atoms with Gasteiger partial charge >= 0.3 is 5.97 Å². The zero-order valence-electron chi connectivity index (χ0n) is 17.9. The van der Waals surface area contributed by atoms with Gasteiger partial charge in [-0.25, -0.2) is 4.79 Å². The number of esters is 1. The summed E-state index contributed by atoms with van der Waals surface area (Å²) in [6.07, 6.45) is 20.2. The smallest absolute Gasteiger partial charge is 0.338 e. The van der Waals surface area contributed by atoms with Crippen molar-refractivity contribution in [2.75, 3.05) is 6.61 Å².